The van der Waals surface area contributed by atoms with Crippen molar-refractivity contribution < 1.29 is 49.6 Å². The van der Waals surface area contributed by atoms with Crippen LogP contribution < -0.4 is 4.74 Å². The number of phenols is 3. The first-order valence-corrected chi connectivity index (χ1v) is 9.27. The smallest absolute Gasteiger partial charge is 0.330 e. The predicted molar refractivity (Wildman–Crippen MR) is 105 cm³/mol. The lowest BCUT2D eigenvalue weighted by Crippen LogP contribution is -2.60. The van der Waals surface area contributed by atoms with E-state index in [1.54, 1.807) is 0 Å². The monoisotopic (exact) mass is 434 g/mol. The second-order valence-corrected chi connectivity index (χ2v) is 6.84. The first kappa shape index (κ1) is 22.4. The van der Waals surface area contributed by atoms with Gasteiger partial charge >= 0.3 is 5.97 Å². The predicted octanol–water partition coefficient (Wildman–Crippen LogP) is 0.246. The van der Waals surface area contributed by atoms with Crippen LogP contribution in [-0.4, -0.2) is 73.9 Å². The van der Waals surface area contributed by atoms with E-state index in [1.807, 2.05) is 0 Å². The highest BCUT2D eigenvalue weighted by Crippen LogP contribution is 2.26. The van der Waals surface area contributed by atoms with Gasteiger partial charge in [0.25, 0.3) is 0 Å². The van der Waals surface area contributed by atoms with Crippen LogP contribution >= 0.6 is 0 Å². The lowest BCUT2D eigenvalue weighted by molar-refractivity contribution is -0.278. The number of rotatable bonds is 6. The number of phenolic OH excluding ortho intramolecular Hbond substituents is 3. The van der Waals surface area contributed by atoms with Crippen LogP contribution in [0, 0.1) is 0 Å². The Labute approximate surface area is 176 Å². The quantitative estimate of drug-likeness (QED) is 0.211. The summed E-state index contributed by atoms with van der Waals surface area (Å²) in [5.41, 5.74) is 0.433. The van der Waals surface area contributed by atoms with Crippen molar-refractivity contribution in [3.8, 4) is 23.0 Å². The van der Waals surface area contributed by atoms with Gasteiger partial charge in [0, 0.05) is 6.08 Å². The average molecular weight is 434 g/mol. The molecule has 0 aliphatic carbocycles. The highest BCUT2D eigenvalue weighted by atomic mass is 16.7. The van der Waals surface area contributed by atoms with E-state index in [0.717, 1.165) is 6.08 Å². The zero-order valence-electron chi connectivity index (χ0n) is 16.1. The minimum absolute atomic E-state index is 0.00766. The number of hydrogen-bond acceptors (Lipinski definition) is 10. The lowest BCUT2D eigenvalue weighted by atomic mass is 9.99. The topological polar surface area (TPSA) is 166 Å². The molecule has 0 spiro atoms. The fourth-order valence-corrected chi connectivity index (χ4v) is 2.83. The summed E-state index contributed by atoms with van der Waals surface area (Å²) in [6, 6.07) is 9.53. The first-order chi connectivity index (χ1) is 14.7. The maximum atomic E-state index is 11.9. The molecule has 166 valence electrons. The third-order valence-electron chi connectivity index (χ3n) is 4.56. The van der Waals surface area contributed by atoms with Crippen LogP contribution in [0.3, 0.4) is 0 Å². The van der Waals surface area contributed by atoms with E-state index in [-0.39, 0.29) is 23.0 Å². The van der Waals surface area contributed by atoms with Crippen molar-refractivity contribution in [3.63, 3.8) is 0 Å². The molecule has 1 fully saturated rings. The standard InChI is InChI=1S/C21H22O10/c22-12-3-5-13(6-4-12)30-21-20(28)19(27)18(26)16(31-21)10-29-17(25)8-2-11-1-7-14(23)15(24)9-11/h1-9,16,18-24,26-28H,10H2/t16-,18-,19+,20-,21-/m0/s1. The number of aliphatic hydroxyl groups is 3. The minimum atomic E-state index is -1.62. The Bertz CT molecular complexity index is 926. The Morgan fingerprint density at radius 1 is 0.935 bits per heavy atom. The molecule has 2 aromatic rings. The van der Waals surface area contributed by atoms with Crippen LogP contribution in [0.25, 0.3) is 6.08 Å². The molecule has 10 heteroatoms. The molecule has 1 aliphatic heterocycles. The maximum Gasteiger partial charge on any atom is 0.330 e. The first-order valence-electron chi connectivity index (χ1n) is 9.27. The van der Waals surface area contributed by atoms with Crippen molar-refractivity contribution in [3.05, 3.63) is 54.1 Å². The third kappa shape index (κ3) is 5.64. The van der Waals surface area contributed by atoms with Gasteiger partial charge in [-0.3, -0.25) is 0 Å². The van der Waals surface area contributed by atoms with E-state index in [4.69, 9.17) is 14.2 Å². The van der Waals surface area contributed by atoms with Gasteiger partial charge in [0.1, 0.15) is 42.5 Å². The SMILES string of the molecule is O=C(C=Cc1ccc(O)c(O)c1)OC[C@@H]1O[C@H](Oc2ccc(O)cc2)[C@@H](O)[C@H](O)[C@H]1O. The molecule has 0 aromatic heterocycles. The van der Waals surface area contributed by atoms with Crippen LogP contribution in [0.4, 0.5) is 0 Å². The van der Waals surface area contributed by atoms with Gasteiger partial charge in [-0.05, 0) is 48.0 Å². The van der Waals surface area contributed by atoms with E-state index in [9.17, 15) is 35.4 Å². The number of benzene rings is 2. The van der Waals surface area contributed by atoms with E-state index in [1.165, 1.54) is 48.5 Å². The van der Waals surface area contributed by atoms with Gasteiger partial charge in [-0.2, -0.15) is 0 Å². The molecule has 0 saturated carbocycles. The normalized spacial score (nSPS) is 26.0. The van der Waals surface area contributed by atoms with E-state index >= 15 is 0 Å². The maximum absolute atomic E-state index is 11.9. The number of aliphatic hydroxyl groups excluding tert-OH is 3. The number of ether oxygens (including phenoxy) is 3. The summed E-state index contributed by atoms with van der Waals surface area (Å²) < 4.78 is 15.9. The Morgan fingerprint density at radius 3 is 2.32 bits per heavy atom. The molecule has 0 amide bonds. The molecular formula is C21H22O10. The van der Waals surface area contributed by atoms with Crippen molar-refractivity contribution in [2.24, 2.45) is 0 Å². The van der Waals surface area contributed by atoms with E-state index in [0.29, 0.717) is 5.56 Å². The van der Waals surface area contributed by atoms with E-state index < -0.39 is 43.3 Å². The van der Waals surface area contributed by atoms with Gasteiger partial charge in [0.2, 0.25) is 6.29 Å². The molecule has 0 radical (unpaired) electrons. The summed E-state index contributed by atoms with van der Waals surface area (Å²) in [4.78, 5) is 11.9. The number of aromatic hydroxyl groups is 3. The highest BCUT2D eigenvalue weighted by Gasteiger charge is 2.45. The van der Waals surface area contributed by atoms with Gasteiger partial charge in [-0.1, -0.05) is 6.07 Å². The number of esters is 1. The summed E-state index contributed by atoms with van der Waals surface area (Å²) in [6.45, 7) is -0.440. The zero-order valence-corrected chi connectivity index (χ0v) is 16.1. The van der Waals surface area contributed by atoms with Crippen LogP contribution in [0.5, 0.6) is 23.0 Å². The average Bonchev–Trinajstić information content (AvgIpc) is 2.75. The molecule has 1 saturated heterocycles. The second-order valence-electron chi connectivity index (χ2n) is 6.84. The van der Waals surface area contributed by atoms with Crippen molar-refractivity contribution in [1.82, 2.24) is 0 Å². The largest absolute Gasteiger partial charge is 0.508 e. The Balaban J connectivity index is 1.58. The second kappa shape index (κ2) is 9.67. The molecule has 0 bridgehead atoms. The summed E-state index contributed by atoms with van der Waals surface area (Å²) >= 11 is 0. The van der Waals surface area contributed by atoms with Crippen molar-refractivity contribution in [2.75, 3.05) is 6.61 Å². The molecule has 6 N–H and O–H groups in total. The van der Waals surface area contributed by atoms with Gasteiger partial charge in [-0.25, -0.2) is 4.79 Å². The highest BCUT2D eigenvalue weighted by molar-refractivity contribution is 5.87. The lowest BCUT2D eigenvalue weighted by Gasteiger charge is -2.39. The fourth-order valence-electron chi connectivity index (χ4n) is 2.83. The Morgan fingerprint density at radius 2 is 1.65 bits per heavy atom. The van der Waals surface area contributed by atoms with Gasteiger partial charge < -0.3 is 44.8 Å². The molecular weight excluding hydrogens is 412 g/mol. The van der Waals surface area contributed by atoms with Crippen molar-refractivity contribution in [2.45, 2.75) is 30.7 Å². The molecule has 3 rings (SSSR count). The van der Waals surface area contributed by atoms with Gasteiger partial charge in [-0.15, -0.1) is 0 Å². The van der Waals surface area contributed by atoms with Gasteiger partial charge in [0.15, 0.2) is 11.5 Å². The van der Waals surface area contributed by atoms with Crippen LogP contribution in [-0.2, 0) is 14.3 Å². The van der Waals surface area contributed by atoms with Gasteiger partial charge in [0.05, 0.1) is 0 Å². The molecule has 5 atom stereocenters. The van der Waals surface area contributed by atoms with E-state index in [2.05, 4.69) is 0 Å². The molecule has 1 aliphatic rings. The number of carbonyl (C=O) groups is 1. The molecule has 1 heterocycles. The number of hydrogen-bond donors (Lipinski definition) is 6. The van der Waals surface area contributed by atoms with Crippen LogP contribution in [0.2, 0.25) is 0 Å². The Kier molecular flexibility index (Phi) is 6.98. The van der Waals surface area contributed by atoms with Crippen molar-refractivity contribution >= 4 is 12.0 Å². The summed E-state index contributed by atoms with van der Waals surface area (Å²) in [6.07, 6.45) is -4.86. The Hall–Kier alpha value is -3.31. The summed E-state index contributed by atoms with van der Waals surface area (Å²) in [5.74, 6) is -1.19. The molecule has 10 nitrogen and oxygen atoms in total. The molecule has 2 aromatic carbocycles. The molecule has 0 unspecified atom stereocenters. The fraction of sp³-hybridized carbons (Fsp3) is 0.286. The zero-order chi connectivity index (χ0) is 22.5. The number of carbonyl (C=O) groups excluding carboxylic acids is 1. The third-order valence-corrected chi connectivity index (χ3v) is 4.56. The molecule has 31 heavy (non-hydrogen) atoms. The summed E-state index contributed by atoms with van der Waals surface area (Å²) in [7, 11) is 0. The van der Waals surface area contributed by atoms with Crippen LogP contribution in [0.1, 0.15) is 5.56 Å². The minimum Gasteiger partial charge on any atom is -0.508 e. The summed E-state index contributed by atoms with van der Waals surface area (Å²) in [5, 5.41) is 58.3. The van der Waals surface area contributed by atoms with Crippen LogP contribution in [0.15, 0.2) is 48.5 Å². The van der Waals surface area contributed by atoms with Crippen molar-refractivity contribution in [1.29, 1.82) is 0 Å².